The average Bonchev–Trinajstić information content (AvgIpc) is 3.33. The molecule has 0 radical (unpaired) electrons. The number of hydrogen-bond acceptors (Lipinski definition) is 4. The molecule has 6 nitrogen and oxygen atoms in total. The Hall–Kier alpha value is -2.93. The van der Waals surface area contributed by atoms with E-state index in [1.165, 1.54) is 16.0 Å². The first kappa shape index (κ1) is 15.6. The molecule has 0 amide bonds. The molecule has 7 heteroatoms. The van der Waals surface area contributed by atoms with Crippen molar-refractivity contribution in [3.8, 4) is 5.69 Å². The number of nitrogens with zero attached hydrogens (tertiary/aromatic N) is 2. The number of H-pyrrole nitrogens is 1. The molecular weight excluding hydrogens is 338 g/mol. The highest BCUT2D eigenvalue weighted by Gasteiger charge is 2.31. The van der Waals surface area contributed by atoms with Gasteiger partial charge in [-0.2, -0.15) is 0 Å². The van der Waals surface area contributed by atoms with Crippen molar-refractivity contribution in [3.63, 3.8) is 0 Å². The standard InChI is InChI=1S/C18H15N3O3S/c22-11-12-9-10-25-16(12)14-7-4-8-15(14)21-18(24)20(17(23)19-21)13-5-2-1-3-6-13/h1-7,9-11,14-15H,8H2,(H,19,23)/t14-,15-/m0/s1. The molecular formula is C18H15N3O3S. The smallest absolute Gasteiger partial charge is 0.298 e. The van der Waals surface area contributed by atoms with E-state index in [2.05, 4.69) is 5.10 Å². The SMILES string of the molecule is O=Cc1ccsc1[C@H]1C=CC[C@@H]1n1[nH]c(=O)n(-c2ccccc2)c1=O. The summed E-state index contributed by atoms with van der Waals surface area (Å²) in [4.78, 5) is 37.4. The third-order valence-corrected chi connectivity index (χ3v) is 5.49. The van der Waals surface area contributed by atoms with Crippen molar-refractivity contribution in [1.82, 2.24) is 14.3 Å². The highest BCUT2D eigenvalue weighted by Crippen LogP contribution is 2.40. The molecule has 0 fully saturated rings. The summed E-state index contributed by atoms with van der Waals surface area (Å²) < 4.78 is 2.51. The quantitative estimate of drug-likeness (QED) is 0.578. The second-order valence-corrected chi connectivity index (χ2v) is 6.80. The Morgan fingerprint density at radius 1 is 1.16 bits per heavy atom. The van der Waals surface area contributed by atoms with Gasteiger partial charge < -0.3 is 0 Å². The Morgan fingerprint density at radius 3 is 2.72 bits per heavy atom. The Bertz CT molecular complexity index is 1060. The maximum atomic E-state index is 12.8. The molecule has 25 heavy (non-hydrogen) atoms. The molecule has 1 N–H and O–H groups in total. The van der Waals surface area contributed by atoms with Crippen LogP contribution in [0.2, 0.25) is 0 Å². The Labute approximate surface area is 146 Å². The van der Waals surface area contributed by atoms with E-state index in [0.717, 1.165) is 15.7 Å². The molecule has 4 rings (SSSR count). The molecule has 1 aromatic carbocycles. The molecule has 126 valence electrons. The van der Waals surface area contributed by atoms with Gasteiger partial charge in [0.25, 0.3) is 0 Å². The fourth-order valence-electron chi connectivity index (χ4n) is 3.29. The Morgan fingerprint density at radius 2 is 1.96 bits per heavy atom. The van der Waals surface area contributed by atoms with Crippen LogP contribution in [0.4, 0.5) is 0 Å². The van der Waals surface area contributed by atoms with Crippen molar-refractivity contribution >= 4 is 17.6 Å². The third-order valence-electron chi connectivity index (χ3n) is 4.45. The summed E-state index contributed by atoms with van der Waals surface area (Å²) in [6, 6.07) is 10.3. The summed E-state index contributed by atoms with van der Waals surface area (Å²) in [5, 5.41) is 4.53. The maximum Gasteiger partial charge on any atom is 0.351 e. The highest BCUT2D eigenvalue weighted by atomic mass is 32.1. The van der Waals surface area contributed by atoms with Crippen molar-refractivity contribution in [1.29, 1.82) is 0 Å². The topological polar surface area (TPSA) is 76.9 Å². The van der Waals surface area contributed by atoms with Gasteiger partial charge in [-0.05, 0) is 30.0 Å². The van der Waals surface area contributed by atoms with Crippen molar-refractivity contribution in [2.45, 2.75) is 18.4 Å². The average molecular weight is 353 g/mol. The van der Waals surface area contributed by atoms with Gasteiger partial charge >= 0.3 is 11.4 Å². The fourth-order valence-corrected chi connectivity index (χ4v) is 4.30. The van der Waals surface area contributed by atoms with Crippen LogP contribution in [0, 0.1) is 0 Å². The van der Waals surface area contributed by atoms with Gasteiger partial charge in [-0.3, -0.25) is 4.79 Å². The summed E-state index contributed by atoms with van der Waals surface area (Å²) in [6.07, 6.45) is 5.42. The van der Waals surface area contributed by atoms with Crippen molar-refractivity contribution in [2.75, 3.05) is 0 Å². The minimum absolute atomic E-state index is 0.111. The summed E-state index contributed by atoms with van der Waals surface area (Å²) in [6.45, 7) is 0. The van der Waals surface area contributed by atoms with E-state index in [4.69, 9.17) is 0 Å². The second-order valence-electron chi connectivity index (χ2n) is 5.86. The van der Waals surface area contributed by atoms with Gasteiger partial charge in [0.1, 0.15) is 0 Å². The number of allylic oxidation sites excluding steroid dienone is 2. The molecule has 3 aromatic rings. The van der Waals surface area contributed by atoms with Gasteiger partial charge in [0.15, 0.2) is 6.29 Å². The van der Waals surface area contributed by atoms with E-state index >= 15 is 0 Å². The normalized spacial score (nSPS) is 19.4. The number of para-hydroxylation sites is 1. The molecule has 0 aliphatic heterocycles. The number of rotatable bonds is 4. The molecule has 1 aliphatic rings. The van der Waals surface area contributed by atoms with E-state index in [9.17, 15) is 14.4 Å². The number of thiophene rings is 1. The lowest BCUT2D eigenvalue weighted by molar-refractivity contribution is 0.112. The second kappa shape index (κ2) is 6.18. The number of aromatic nitrogens is 3. The number of benzene rings is 1. The highest BCUT2D eigenvalue weighted by molar-refractivity contribution is 7.10. The van der Waals surface area contributed by atoms with E-state index in [1.807, 2.05) is 23.6 Å². The van der Waals surface area contributed by atoms with Gasteiger partial charge in [0.05, 0.1) is 11.7 Å². The number of nitrogens with one attached hydrogen (secondary N) is 1. The molecule has 1 aliphatic carbocycles. The minimum Gasteiger partial charge on any atom is -0.298 e. The molecule has 0 unspecified atom stereocenters. The monoisotopic (exact) mass is 353 g/mol. The molecule has 0 bridgehead atoms. The zero-order valence-electron chi connectivity index (χ0n) is 13.2. The van der Waals surface area contributed by atoms with E-state index < -0.39 is 11.4 Å². The number of carbonyl (C=O) groups excluding carboxylic acids is 1. The van der Waals surface area contributed by atoms with Crippen LogP contribution < -0.4 is 11.4 Å². The molecule has 2 atom stereocenters. The Balaban J connectivity index is 1.80. The van der Waals surface area contributed by atoms with Crippen LogP contribution in [0.5, 0.6) is 0 Å². The van der Waals surface area contributed by atoms with Gasteiger partial charge in [-0.15, -0.1) is 11.3 Å². The lowest BCUT2D eigenvalue weighted by Crippen LogP contribution is -2.30. The van der Waals surface area contributed by atoms with Gasteiger partial charge in [0, 0.05) is 16.4 Å². The van der Waals surface area contributed by atoms with Crippen LogP contribution in [0.25, 0.3) is 5.69 Å². The zero-order valence-corrected chi connectivity index (χ0v) is 14.0. The van der Waals surface area contributed by atoms with E-state index in [-0.39, 0.29) is 12.0 Å². The maximum absolute atomic E-state index is 12.8. The Kier molecular flexibility index (Phi) is 3.85. The van der Waals surface area contributed by atoms with Crippen LogP contribution in [-0.2, 0) is 0 Å². The molecule has 0 spiro atoms. The van der Waals surface area contributed by atoms with Crippen LogP contribution in [0.1, 0.15) is 33.6 Å². The van der Waals surface area contributed by atoms with Crippen molar-refractivity contribution in [3.05, 3.63) is 85.3 Å². The van der Waals surface area contributed by atoms with Gasteiger partial charge in [0.2, 0.25) is 0 Å². The van der Waals surface area contributed by atoms with Crippen LogP contribution >= 0.6 is 11.3 Å². The number of aldehydes is 1. The first-order valence-corrected chi connectivity index (χ1v) is 8.77. The fraction of sp³-hybridized carbons (Fsp3) is 0.167. The number of hydrogen-bond donors (Lipinski definition) is 1. The first-order valence-electron chi connectivity index (χ1n) is 7.89. The van der Waals surface area contributed by atoms with Gasteiger partial charge in [-0.1, -0.05) is 30.4 Å². The van der Waals surface area contributed by atoms with Crippen molar-refractivity contribution < 1.29 is 4.79 Å². The summed E-state index contributed by atoms with van der Waals surface area (Å²) in [5.41, 5.74) is 0.284. The molecule has 2 aromatic heterocycles. The first-order chi connectivity index (χ1) is 12.2. The van der Waals surface area contributed by atoms with Crippen LogP contribution in [-0.4, -0.2) is 20.6 Å². The lowest BCUT2D eigenvalue weighted by atomic mass is 9.99. The minimum atomic E-state index is -0.469. The van der Waals surface area contributed by atoms with Crippen LogP contribution in [0.15, 0.2) is 63.5 Å². The zero-order chi connectivity index (χ0) is 17.4. The van der Waals surface area contributed by atoms with Gasteiger partial charge in [-0.25, -0.2) is 23.9 Å². The number of aromatic amines is 1. The van der Waals surface area contributed by atoms with Crippen molar-refractivity contribution in [2.24, 2.45) is 0 Å². The summed E-state index contributed by atoms with van der Waals surface area (Å²) in [7, 11) is 0. The number of carbonyl (C=O) groups is 1. The summed E-state index contributed by atoms with van der Waals surface area (Å²) >= 11 is 1.49. The third kappa shape index (κ3) is 2.53. The largest absolute Gasteiger partial charge is 0.351 e. The summed E-state index contributed by atoms with van der Waals surface area (Å²) in [5.74, 6) is -0.111. The molecule has 2 heterocycles. The van der Waals surface area contributed by atoms with Crippen LogP contribution in [0.3, 0.4) is 0 Å². The van der Waals surface area contributed by atoms with E-state index in [0.29, 0.717) is 17.7 Å². The predicted octanol–water partition coefficient (Wildman–Crippen LogP) is 2.49. The molecule has 0 saturated heterocycles. The predicted molar refractivity (Wildman–Crippen MR) is 95.9 cm³/mol. The molecule has 0 saturated carbocycles. The van der Waals surface area contributed by atoms with E-state index in [1.54, 1.807) is 30.3 Å². The lowest BCUT2D eigenvalue weighted by Gasteiger charge is -2.19.